The summed E-state index contributed by atoms with van der Waals surface area (Å²) in [5.41, 5.74) is 3.76. The van der Waals surface area contributed by atoms with Crippen molar-refractivity contribution in [3.05, 3.63) is 83.2 Å². The first kappa shape index (κ1) is 25.0. The van der Waals surface area contributed by atoms with E-state index in [-0.39, 0.29) is 11.8 Å². The molecule has 0 radical (unpaired) electrons. The van der Waals surface area contributed by atoms with E-state index >= 15 is 0 Å². The van der Waals surface area contributed by atoms with Gasteiger partial charge in [0.05, 0.1) is 17.0 Å². The zero-order valence-corrected chi connectivity index (χ0v) is 21.9. The van der Waals surface area contributed by atoms with Crippen LogP contribution in [0.2, 0.25) is 0 Å². The molecule has 4 N–H and O–H groups in total. The zero-order chi connectivity index (χ0) is 26.0. The van der Waals surface area contributed by atoms with Crippen LogP contribution >= 0.6 is 11.8 Å². The number of rotatable bonds is 8. The van der Waals surface area contributed by atoms with Gasteiger partial charge in [-0.15, -0.1) is 0 Å². The number of aromatic amines is 1. The number of aromatic nitrogens is 4. The summed E-state index contributed by atoms with van der Waals surface area (Å²) in [6.07, 6.45) is 1.64. The van der Waals surface area contributed by atoms with Crippen molar-refractivity contribution in [3.8, 4) is 0 Å². The predicted molar refractivity (Wildman–Crippen MR) is 145 cm³/mol. The SMILES string of the molecule is CCC(=O)Nc1ccc(Sc2nc(Nc3cc(C)n[nH]3)cc(C3CC(O)(c4ccccc4C)C3)n2)cc1. The second kappa shape index (κ2) is 10.4. The minimum Gasteiger partial charge on any atom is -0.385 e. The highest BCUT2D eigenvalue weighted by Crippen LogP contribution is 2.51. The van der Waals surface area contributed by atoms with Gasteiger partial charge in [-0.05, 0) is 73.8 Å². The van der Waals surface area contributed by atoms with Crippen molar-refractivity contribution in [1.82, 2.24) is 20.2 Å². The minimum atomic E-state index is -0.846. The summed E-state index contributed by atoms with van der Waals surface area (Å²) in [6.45, 7) is 5.78. The predicted octanol–water partition coefficient (Wildman–Crippen LogP) is 5.83. The van der Waals surface area contributed by atoms with Crippen LogP contribution in [0.1, 0.15) is 54.6 Å². The van der Waals surface area contributed by atoms with Gasteiger partial charge in [-0.3, -0.25) is 9.89 Å². The minimum absolute atomic E-state index is 0.0210. The van der Waals surface area contributed by atoms with E-state index in [1.807, 2.05) is 81.4 Å². The lowest BCUT2D eigenvalue weighted by Crippen LogP contribution is -2.40. The summed E-state index contributed by atoms with van der Waals surface area (Å²) in [5, 5.41) is 25.2. The van der Waals surface area contributed by atoms with Crippen molar-refractivity contribution in [2.24, 2.45) is 0 Å². The summed E-state index contributed by atoms with van der Waals surface area (Å²) in [7, 11) is 0. The van der Waals surface area contributed by atoms with Crippen molar-refractivity contribution in [2.45, 2.75) is 61.6 Å². The molecule has 2 aromatic heterocycles. The maximum Gasteiger partial charge on any atom is 0.224 e. The maximum atomic E-state index is 11.7. The van der Waals surface area contributed by atoms with Gasteiger partial charge in [0.1, 0.15) is 11.6 Å². The molecule has 190 valence electrons. The average Bonchev–Trinajstić information content (AvgIpc) is 3.27. The number of carbonyl (C=O) groups is 1. The number of aliphatic hydroxyl groups is 1. The molecule has 1 aliphatic rings. The van der Waals surface area contributed by atoms with Gasteiger partial charge in [-0.2, -0.15) is 5.10 Å². The third-order valence-corrected chi connectivity index (χ3v) is 7.47. The van der Waals surface area contributed by atoms with Crippen LogP contribution < -0.4 is 10.6 Å². The number of hydrogen-bond acceptors (Lipinski definition) is 7. The lowest BCUT2D eigenvalue weighted by atomic mass is 9.65. The maximum absolute atomic E-state index is 11.7. The highest BCUT2D eigenvalue weighted by molar-refractivity contribution is 7.99. The molecule has 0 atom stereocenters. The van der Waals surface area contributed by atoms with Crippen molar-refractivity contribution in [1.29, 1.82) is 0 Å². The Kier molecular flexibility index (Phi) is 6.99. The molecule has 2 heterocycles. The second-order valence-electron chi connectivity index (χ2n) is 9.49. The molecule has 4 aromatic rings. The van der Waals surface area contributed by atoms with Crippen LogP contribution in [0.3, 0.4) is 0 Å². The van der Waals surface area contributed by atoms with E-state index in [1.54, 1.807) is 0 Å². The molecule has 5 rings (SSSR count). The smallest absolute Gasteiger partial charge is 0.224 e. The average molecular weight is 515 g/mol. The highest BCUT2D eigenvalue weighted by atomic mass is 32.2. The summed E-state index contributed by atoms with van der Waals surface area (Å²) in [4.78, 5) is 22.2. The van der Waals surface area contributed by atoms with Crippen LogP contribution in [0.4, 0.5) is 17.3 Å². The van der Waals surface area contributed by atoms with Gasteiger partial charge < -0.3 is 15.7 Å². The molecule has 0 unspecified atom stereocenters. The van der Waals surface area contributed by atoms with Crippen LogP contribution in [0.15, 0.2) is 70.7 Å². The fourth-order valence-electron chi connectivity index (χ4n) is 4.63. The van der Waals surface area contributed by atoms with Gasteiger partial charge in [0, 0.05) is 35.1 Å². The number of anilines is 3. The first-order valence-corrected chi connectivity index (χ1v) is 13.2. The molecule has 0 bridgehead atoms. The molecule has 37 heavy (non-hydrogen) atoms. The molecule has 0 aliphatic heterocycles. The van der Waals surface area contributed by atoms with Crippen molar-refractivity contribution in [3.63, 3.8) is 0 Å². The van der Waals surface area contributed by atoms with Gasteiger partial charge in [0.15, 0.2) is 5.16 Å². The summed E-state index contributed by atoms with van der Waals surface area (Å²) in [6, 6.07) is 19.5. The summed E-state index contributed by atoms with van der Waals surface area (Å²) < 4.78 is 0. The fraction of sp³-hybridized carbons (Fsp3) is 0.286. The number of amides is 1. The monoisotopic (exact) mass is 514 g/mol. The normalized spacial score (nSPS) is 18.8. The number of H-pyrrole nitrogens is 1. The van der Waals surface area contributed by atoms with E-state index < -0.39 is 5.60 Å². The van der Waals surface area contributed by atoms with Crippen molar-refractivity contribution >= 4 is 35.0 Å². The van der Waals surface area contributed by atoms with Gasteiger partial charge >= 0.3 is 0 Å². The summed E-state index contributed by atoms with van der Waals surface area (Å²) in [5.74, 6) is 1.50. The molecular formula is C28H30N6O2S. The van der Waals surface area contributed by atoms with Crippen LogP contribution in [0.5, 0.6) is 0 Å². The Balaban J connectivity index is 1.38. The fourth-order valence-corrected chi connectivity index (χ4v) is 5.40. The molecule has 0 spiro atoms. The number of hydrogen-bond donors (Lipinski definition) is 4. The number of nitrogens with one attached hydrogen (secondary N) is 3. The number of carbonyl (C=O) groups excluding carboxylic acids is 1. The van der Waals surface area contributed by atoms with E-state index in [0.29, 0.717) is 30.2 Å². The Morgan fingerprint density at radius 1 is 1.11 bits per heavy atom. The molecule has 0 saturated heterocycles. The van der Waals surface area contributed by atoms with E-state index in [4.69, 9.17) is 9.97 Å². The lowest BCUT2D eigenvalue weighted by molar-refractivity contribution is -0.115. The first-order valence-electron chi connectivity index (χ1n) is 12.4. The Hall–Kier alpha value is -3.69. The Labute approximate surface area is 220 Å². The van der Waals surface area contributed by atoms with Crippen LogP contribution in [-0.4, -0.2) is 31.2 Å². The third-order valence-electron chi connectivity index (χ3n) is 6.60. The van der Waals surface area contributed by atoms with Crippen LogP contribution in [0.25, 0.3) is 0 Å². The molecule has 1 amide bonds. The lowest BCUT2D eigenvalue weighted by Gasteiger charge is -2.44. The molecule has 2 aromatic carbocycles. The second-order valence-corrected chi connectivity index (χ2v) is 10.5. The van der Waals surface area contributed by atoms with Crippen LogP contribution in [-0.2, 0) is 10.4 Å². The van der Waals surface area contributed by atoms with E-state index in [2.05, 4.69) is 20.8 Å². The standard InChI is InChI=1S/C28H30N6O2S/c1-4-26(35)29-20-9-11-21(12-10-20)37-27-30-23(14-24(32-27)31-25-13-18(3)33-34-25)19-15-28(36,16-19)22-8-6-5-7-17(22)2/h5-14,19,36H,4,15-16H2,1-3H3,(H,29,35)(H2,30,31,32,33,34). The largest absolute Gasteiger partial charge is 0.385 e. The first-order chi connectivity index (χ1) is 17.8. The van der Waals surface area contributed by atoms with Gasteiger partial charge in [0.2, 0.25) is 5.91 Å². The molecule has 8 nitrogen and oxygen atoms in total. The number of nitrogens with zero attached hydrogens (tertiary/aromatic N) is 3. The van der Waals surface area contributed by atoms with Gasteiger partial charge in [-0.1, -0.05) is 31.2 Å². The number of aryl methyl sites for hydroxylation is 2. The molecule has 1 saturated carbocycles. The highest BCUT2D eigenvalue weighted by Gasteiger charge is 2.46. The topological polar surface area (TPSA) is 116 Å². The Bertz CT molecular complexity index is 1410. The van der Waals surface area contributed by atoms with E-state index in [1.165, 1.54) is 11.8 Å². The quantitative estimate of drug-likeness (QED) is 0.219. The van der Waals surface area contributed by atoms with Crippen molar-refractivity contribution in [2.75, 3.05) is 10.6 Å². The number of benzene rings is 2. The van der Waals surface area contributed by atoms with Gasteiger partial charge in [-0.25, -0.2) is 9.97 Å². The third kappa shape index (κ3) is 5.68. The van der Waals surface area contributed by atoms with Crippen molar-refractivity contribution < 1.29 is 9.90 Å². The van der Waals surface area contributed by atoms with E-state index in [0.717, 1.165) is 38.9 Å². The zero-order valence-electron chi connectivity index (χ0n) is 21.1. The summed E-state index contributed by atoms with van der Waals surface area (Å²) >= 11 is 1.45. The molecule has 1 aliphatic carbocycles. The Morgan fingerprint density at radius 3 is 2.54 bits per heavy atom. The van der Waals surface area contributed by atoms with Crippen LogP contribution in [0, 0.1) is 13.8 Å². The van der Waals surface area contributed by atoms with Gasteiger partial charge in [0.25, 0.3) is 0 Å². The molecular weight excluding hydrogens is 484 g/mol. The van der Waals surface area contributed by atoms with E-state index in [9.17, 15) is 9.90 Å². The molecule has 9 heteroatoms. The Morgan fingerprint density at radius 2 is 1.86 bits per heavy atom. The molecule has 1 fully saturated rings.